The molecule has 0 atom stereocenters. The molecule has 1 heterocycles. The third-order valence-corrected chi connectivity index (χ3v) is 1.54. The van der Waals surface area contributed by atoms with Crippen molar-refractivity contribution in [1.82, 2.24) is 15.1 Å². The number of aryl methyl sites for hydroxylation is 1. The van der Waals surface area contributed by atoms with Gasteiger partial charge in [0.05, 0.1) is 5.56 Å². The summed E-state index contributed by atoms with van der Waals surface area (Å²) >= 11 is 0. The van der Waals surface area contributed by atoms with E-state index in [4.69, 9.17) is 5.73 Å². The summed E-state index contributed by atoms with van der Waals surface area (Å²) in [4.78, 5) is 22.0. The topological polar surface area (TPSA) is 90.0 Å². The van der Waals surface area contributed by atoms with Gasteiger partial charge in [-0.3, -0.25) is 14.3 Å². The Bertz CT molecular complexity index is 355. The summed E-state index contributed by atoms with van der Waals surface area (Å²) in [6.45, 7) is 0. The Morgan fingerprint density at radius 3 is 2.69 bits per heavy atom. The Hall–Kier alpha value is -1.85. The van der Waals surface area contributed by atoms with Crippen LogP contribution in [0.5, 0.6) is 0 Å². The average molecular weight is 182 g/mol. The smallest absolute Gasteiger partial charge is 0.272 e. The number of aromatic nitrogens is 2. The van der Waals surface area contributed by atoms with Gasteiger partial charge >= 0.3 is 0 Å². The van der Waals surface area contributed by atoms with Crippen LogP contribution in [0.3, 0.4) is 0 Å². The quantitative estimate of drug-likeness (QED) is 0.607. The van der Waals surface area contributed by atoms with Crippen molar-refractivity contribution in [2.24, 2.45) is 12.8 Å². The maximum atomic E-state index is 11.2. The Morgan fingerprint density at radius 2 is 2.23 bits per heavy atom. The van der Waals surface area contributed by atoms with E-state index < -0.39 is 11.8 Å². The van der Waals surface area contributed by atoms with Gasteiger partial charge in [-0.2, -0.15) is 5.10 Å². The van der Waals surface area contributed by atoms with Gasteiger partial charge in [0.25, 0.3) is 11.8 Å². The number of primary amides is 1. The van der Waals surface area contributed by atoms with Gasteiger partial charge in [0.2, 0.25) is 0 Å². The molecule has 0 saturated carbocycles. The molecular weight excluding hydrogens is 172 g/mol. The molecule has 0 unspecified atom stereocenters. The summed E-state index contributed by atoms with van der Waals surface area (Å²) in [6, 6.07) is 0. The molecule has 0 saturated heterocycles. The number of rotatable bonds is 2. The van der Waals surface area contributed by atoms with Crippen molar-refractivity contribution in [3.05, 3.63) is 17.5 Å². The molecule has 0 aromatic carbocycles. The molecule has 13 heavy (non-hydrogen) atoms. The average Bonchev–Trinajstić information content (AvgIpc) is 2.46. The molecule has 70 valence electrons. The zero-order valence-corrected chi connectivity index (χ0v) is 7.37. The summed E-state index contributed by atoms with van der Waals surface area (Å²) < 4.78 is 1.37. The molecule has 0 radical (unpaired) electrons. The van der Waals surface area contributed by atoms with Gasteiger partial charge in [0, 0.05) is 20.3 Å². The predicted octanol–water partition coefficient (Wildman–Crippen LogP) is -1.12. The molecule has 1 rings (SSSR count). The third-order valence-electron chi connectivity index (χ3n) is 1.54. The minimum Gasteiger partial charge on any atom is -0.365 e. The van der Waals surface area contributed by atoms with Gasteiger partial charge in [0.1, 0.15) is 0 Å². The lowest BCUT2D eigenvalue weighted by atomic mass is 10.2. The van der Waals surface area contributed by atoms with E-state index in [1.165, 1.54) is 17.9 Å². The first kappa shape index (κ1) is 9.24. The lowest BCUT2D eigenvalue weighted by Crippen LogP contribution is -2.23. The van der Waals surface area contributed by atoms with Crippen LogP contribution >= 0.6 is 0 Å². The van der Waals surface area contributed by atoms with E-state index in [0.717, 1.165) is 0 Å². The molecule has 2 amide bonds. The van der Waals surface area contributed by atoms with E-state index in [9.17, 15) is 9.59 Å². The van der Waals surface area contributed by atoms with Crippen LogP contribution in [0.2, 0.25) is 0 Å². The molecule has 0 spiro atoms. The first-order valence-electron chi connectivity index (χ1n) is 3.61. The molecule has 0 bridgehead atoms. The van der Waals surface area contributed by atoms with Crippen molar-refractivity contribution in [2.45, 2.75) is 0 Å². The summed E-state index contributed by atoms with van der Waals surface area (Å²) in [6.07, 6.45) is 1.41. The minimum atomic E-state index is -0.660. The van der Waals surface area contributed by atoms with Gasteiger partial charge in [-0.1, -0.05) is 0 Å². The van der Waals surface area contributed by atoms with E-state index in [0.29, 0.717) is 0 Å². The maximum Gasteiger partial charge on any atom is 0.272 e. The number of carbonyl (C=O) groups is 2. The van der Waals surface area contributed by atoms with Crippen LogP contribution in [-0.2, 0) is 7.05 Å². The minimum absolute atomic E-state index is 0.0532. The third kappa shape index (κ3) is 1.66. The molecule has 6 heteroatoms. The monoisotopic (exact) mass is 182 g/mol. The highest BCUT2D eigenvalue weighted by Gasteiger charge is 2.17. The van der Waals surface area contributed by atoms with Crippen LogP contribution < -0.4 is 11.1 Å². The van der Waals surface area contributed by atoms with Crippen molar-refractivity contribution in [2.75, 3.05) is 7.05 Å². The molecule has 1 aromatic heterocycles. The van der Waals surface area contributed by atoms with Crippen LogP contribution in [0.15, 0.2) is 6.20 Å². The summed E-state index contributed by atoms with van der Waals surface area (Å²) in [5, 5.41) is 6.17. The molecule has 3 N–H and O–H groups in total. The first-order chi connectivity index (χ1) is 6.06. The van der Waals surface area contributed by atoms with Crippen LogP contribution in [0.1, 0.15) is 20.8 Å². The van der Waals surface area contributed by atoms with Gasteiger partial charge in [0.15, 0.2) is 5.69 Å². The number of amides is 2. The molecule has 1 aromatic rings. The zero-order chi connectivity index (χ0) is 10.0. The fraction of sp³-hybridized carbons (Fsp3) is 0.286. The standard InChI is InChI=1S/C7H10N4O2/c1-9-7(13)5-4(6(8)12)3-11(2)10-5/h3H,1-2H3,(H2,8,12)(H,9,13). The Kier molecular flexibility index (Phi) is 2.32. The maximum absolute atomic E-state index is 11.2. The van der Waals surface area contributed by atoms with Crippen LogP contribution in [-0.4, -0.2) is 28.6 Å². The number of hydrogen-bond donors (Lipinski definition) is 2. The van der Waals surface area contributed by atoms with E-state index in [-0.39, 0.29) is 11.3 Å². The van der Waals surface area contributed by atoms with E-state index >= 15 is 0 Å². The molecular formula is C7H10N4O2. The number of nitrogens with two attached hydrogens (primary N) is 1. The number of hydrogen-bond acceptors (Lipinski definition) is 3. The fourth-order valence-electron chi connectivity index (χ4n) is 0.955. The van der Waals surface area contributed by atoms with Crippen molar-refractivity contribution >= 4 is 11.8 Å². The number of carbonyl (C=O) groups excluding carboxylic acids is 2. The number of nitrogens with one attached hydrogen (secondary N) is 1. The van der Waals surface area contributed by atoms with Crippen LogP contribution in [0.25, 0.3) is 0 Å². The SMILES string of the molecule is CNC(=O)c1nn(C)cc1C(N)=O. The highest BCUT2D eigenvalue weighted by atomic mass is 16.2. The Labute approximate surface area is 74.7 Å². The second-order valence-electron chi connectivity index (χ2n) is 2.51. The fourth-order valence-corrected chi connectivity index (χ4v) is 0.955. The second-order valence-corrected chi connectivity index (χ2v) is 2.51. The molecule has 6 nitrogen and oxygen atoms in total. The zero-order valence-electron chi connectivity index (χ0n) is 7.37. The lowest BCUT2D eigenvalue weighted by Gasteiger charge is -1.95. The largest absolute Gasteiger partial charge is 0.365 e. The normalized spacial score (nSPS) is 9.69. The van der Waals surface area contributed by atoms with Gasteiger partial charge < -0.3 is 11.1 Å². The van der Waals surface area contributed by atoms with Crippen molar-refractivity contribution in [1.29, 1.82) is 0 Å². The summed E-state index contributed by atoms with van der Waals surface area (Å²) in [5.74, 6) is -1.08. The second kappa shape index (κ2) is 3.26. The van der Waals surface area contributed by atoms with Crippen molar-refractivity contribution < 1.29 is 9.59 Å². The van der Waals surface area contributed by atoms with Crippen molar-refractivity contribution in [3.63, 3.8) is 0 Å². The first-order valence-corrected chi connectivity index (χ1v) is 3.61. The van der Waals surface area contributed by atoms with Gasteiger partial charge in [-0.05, 0) is 0 Å². The highest BCUT2D eigenvalue weighted by Crippen LogP contribution is 2.04. The Morgan fingerprint density at radius 1 is 1.62 bits per heavy atom. The van der Waals surface area contributed by atoms with E-state index in [2.05, 4.69) is 10.4 Å². The molecule has 0 aliphatic heterocycles. The van der Waals surface area contributed by atoms with Gasteiger partial charge in [-0.15, -0.1) is 0 Å². The van der Waals surface area contributed by atoms with E-state index in [1.54, 1.807) is 7.05 Å². The number of nitrogens with zero attached hydrogens (tertiary/aromatic N) is 2. The van der Waals surface area contributed by atoms with Crippen molar-refractivity contribution in [3.8, 4) is 0 Å². The lowest BCUT2D eigenvalue weighted by molar-refractivity contribution is 0.0939. The molecule has 0 aliphatic carbocycles. The van der Waals surface area contributed by atoms with Crippen LogP contribution in [0.4, 0.5) is 0 Å². The molecule has 0 aliphatic rings. The Balaban J connectivity index is 3.19. The summed E-state index contributed by atoms with van der Waals surface area (Å²) in [7, 11) is 3.07. The molecule has 0 fully saturated rings. The highest BCUT2D eigenvalue weighted by molar-refractivity contribution is 6.05. The summed E-state index contributed by atoms with van der Waals surface area (Å²) in [5.41, 5.74) is 5.23. The predicted molar refractivity (Wildman–Crippen MR) is 45.1 cm³/mol. The van der Waals surface area contributed by atoms with Gasteiger partial charge in [-0.25, -0.2) is 0 Å². The van der Waals surface area contributed by atoms with E-state index in [1.807, 2.05) is 0 Å². The van der Waals surface area contributed by atoms with Crippen LogP contribution in [0, 0.1) is 0 Å².